The molecule has 0 fully saturated rings. The van der Waals surface area contributed by atoms with Gasteiger partial charge in [0.25, 0.3) is 0 Å². The molecule has 0 heterocycles. The summed E-state index contributed by atoms with van der Waals surface area (Å²) >= 11 is 3.27. The average molecular weight is 271 g/mol. The zero-order chi connectivity index (χ0) is 11.5. The molecule has 1 rings (SSSR count). The highest BCUT2D eigenvalue weighted by molar-refractivity contribution is 9.10. The molecule has 1 aromatic carbocycles. The first-order chi connectivity index (χ1) is 6.95. The van der Waals surface area contributed by atoms with Crippen molar-refractivity contribution in [1.82, 2.24) is 0 Å². The summed E-state index contributed by atoms with van der Waals surface area (Å²) in [5.41, 5.74) is 1.04. The Morgan fingerprint density at radius 3 is 2.53 bits per heavy atom. The minimum absolute atomic E-state index is 0.275. The van der Waals surface area contributed by atoms with E-state index in [2.05, 4.69) is 15.9 Å². The number of alkyl halides is 1. The fourth-order valence-corrected chi connectivity index (χ4v) is 1.20. The molecule has 82 valence electrons. The summed E-state index contributed by atoms with van der Waals surface area (Å²) in [5, 5.41) is 0. The van der Waals surface area contributed by atoms with Crippen LogP contribution in [0.5, 0.6) is 5.75 Å². The lowest BCUT2D eigenvalue weighted by Gasteiger charge is -2.16. The molecule has 0 aromatic heterocycles. The maximum Gasteiger partial charge on any atom is 0.327 e. The smallest absolute Gasteiger partial charge is 0.327 e. The Bertz CT molecular complexity index is 353. The lowest BCUT2D eigenvalue weighted by atomic mass is 10.1. The Morgan fingerprint density at radius 2 is 2.00 bits per heavy atom. The largest absolute Gasteiger partial charge is 0.425 e. The number of halogens is 1. The summed E-state index contributed by atoms with van der Waals surface area (Å²) in [6, 6.07) is 7.58. The minimum Gasteiger partial charge on any atom is -0.425 e. The van der Waals surface area contributed by atoms with Gasteiger partial charge in [-0.05, 0) is 31.9 Å². The molecular formula is C12H15BrO2. The highest BCUT2D eigenvalue weighted by Crippen LogP contribution is 2.23. The summed E-state index contributed by atoms with van der Waals surface area (Å²) in [6.45, 7) is 5.57. The predicted octanol–water partition coefficient (Wildman–Crippen LogP) is 3.33. The van der Waals surface area contributed by atoms with Crippen LogP contribution in [0.2, 0.25) is 0 Å². The second kappa shape index (κ2) is 4.79. The first-order valence-corrected chi connectivity index (χ1v) is 5.73. The van der Waals surface area contributed by atoms with Gasteiger partial charge < -0.3 is 4.74 Å². The molecule has 0 spiro atoms. The maximum atomic E-state index is 11.6. The lowest BCUT2D eigenvalue weighted by Crippen LogP contribution is -2.29. The number of carbonyl (C=O) groups excluding carboxylic acids is 1. The molecule has 0 amide bonds. The van der Waals surface area contributed by atoms with Crippen LogP contribution in [0.3, 0.4) is 0 Å². The third-order valence-corrected chi connectivity index (χ3v) is 2.37. The van der Waals surface area contributed by atoms with Crippen LogP contribution in [0, 0.1) is 0 Å². The van der Waals surface area contributed by atoms with Gasteiger partial charge in [-0.2, -0.15) is 0 Å². The molecule has 1 aromatic rings. The topological polar surface area (TPSA) is 26.3 Å². The normalized spacial score (nSPS) is 11.2. The van der Waals surface area contributed by atoms with E-state index in [4.69, 9.17) is 4.74 Å². The molecule has 0 saturated carbocycles. The minimum atomic E-state index is -0.645. The number of hydrogen-bond donors (Lipinski definition) is 0. The predicted molar refractivity (Wildman–Crippen MR) is 64.5 cm³/mol. The van der Waals surface area contributed by atoms with Crippen molar-refractivity contribution in [1.29, 1.82) is 0 Å². The molecule has 0 aliphatic heterocycles. The van der Waals surface area contributed by atoms with E-state index >= 15 is 0 Å². The zero-order valence-electron chi connectivity index (χ0n) is 9.21. The third-order valence-electron chi connectivity index (χ3n) is 2.04. The van der Waals surface area contributed by atoms with Crippen LogP contribution < -0.4 is 4.74 Å². The second-order valence-electron chi connectivity index (χ2n) is 3.82. The number of rotatable bonds is 3. The average Bonchev–Trinajstić information content (AvgIpc) is 2.17. The van der Waals surface area contributed by atoms with Gasteiger partial charge in [0.2, 0.25) is 0 Å². The van der Waals surface area contributed by atoms with Crippen molar-refractivity contribution < 1.29 is 9.53 Å². The van der Waals surface area contributed by atoms with E-state index in [1.54, 1.807) is 13.8 Å². The zero-order valence-corrected chi connectivity index (χ0v) is 10.8. The molecule has 15 heavy (non-hydrogen) atoms. The third kappa shape index (κ3) is 3.34. The number of para-hydroxylation sites is 1. The summed E-state index contributed by atoms with van der Waals surface area (Å²) in [4.78, 5) is 11.6. The molecule has 2 nitrogen and oxygen atoms in total. The van der Waals surface area contributed by atoms with Crippen molar-refractivity contribution in [3.8, 4) is 5.75 Å². The summed E-state index contributed by atoms with van der Waals surface area (Å²) in [7, 11) is 0. The van der Waals surface area contributed by atoms with E-state index < -0.39 is 4.32 Å². The molecule has 0 atom stereocenters. The number of esters is 1. The molecular weight excluding hydrogens is 256 g/mol. The molecule has 0 unspecified atom stereocenters. The number of carbonyl (C=O) groups is 1. The summed E-state index contributed by atoms with van der Waals surface area (Å²) in [6.07, 6.45) is 0.853. The van der Waals surface area contributed by atoms with Crippen molar-refractivity contribution >= 4 is 21.9 Å². The van der Waals surface area contributed by atoms with Gasteiger partial charge in [-0.3, -0.25) is 4.79 Å². The Morgan fingerprint density at radius 1 is 1.40 bits per heavy atom. The van der Waals surface area contributed by atoms with Crippen molar-refractivity contribution in [3.05, 3.63) is 29.8 Å². The first-order valence-electron chi connectivity index (χ1n) is 4.94. The number of benzene rings is 1. The number of aryl methyl sites for hydroxylation is 1. The quantitative estimate of drug-likeness (QED) is 0.479. The molecule has 0 radical (unpaired) electrons. The summed E-state index contributed by atoms with van der Waals surface area (Å²) < 4.78 is 4.67. The molecule has 0 aliphatic rings. The lowest BCUT2D eigenvalue weighted by molar-refractivity contribution is -0.136. The van der Waals surface area contributed by atoms with Crippen LogP contribution in [-0.4, -0.2) is 10.3 Å². The van der Waals surface area contributed by atoms with Crippen LogP contribution in [0.1, 0.15) is 26.3 Å². The fraction of sp³-hybridized carbons (Fsp3) is 0.417. The van der Waals surface area contributed by atoms with Crippen LogP contribution >= 0.6 is 15.9 Å². The van der Waals surface area contributed by atoms with Crippen LogP contribution in [0.15, 0.2) is 24.3 Å². The van der Waals surface area contributed by atoms with E-state index in [9.17, 15) is 4.79 Å². The monoisotopic (exact) mass is 270 g/mol. The van der Waals surface area contributed by atoms with E-state index in [0.29, 0.717) is 5.75 Å². The van der Waals surface area contributed by atoms with Crippen LogP contribution in [0.25, 0.3) is 0 Å². The van der Waals surface area contributed by atoms with Crippen molar-refractivity contribution in [2.75, 3.05) is 0 Å². The molecule has 0 saturated heterocycles. The Balaban J connectivity index is 2.85. The summed E-state index contributed by atoms with van der Waals surface area (Å²) in [5.74, 6) is 0.376. The van der Waals surface area contributed by atoms with Crippen LogP contribution in [0.4, 0.5) is 0 Å². The Hall–Kier alpha value is -0.830. The van der Waals surface area contributed by atoms with Gasteiger partial charge in [-0.1, -0.05) is 41.1 Å². The van der Waals surface area contributed by atoms with Crippen molar-refractivity contribution in [3.63, 3.8) is 0 Å². The first kappa shape index (κ1) is 12.2. The second-order valence-corrected chi connectivity index (χ2v) is 5.81. The molecule has 3 heteroatoms. The van der Waals surface area contributed by atoms with Gasteiger partial charge in [0.1, 0.15) is 10.1 Å². The van der Waals surface area contributed by atoms with E-state index in [1.165, 1.54) is 0 Å². The van der Waals surface area contributed by atoms with E-state index in [1.807, 2.05) is 31.2 Å². The fourth-order valence-electron chi connectivity index (χ4n) is 1.12. The van der Waals surface area contributed by atoms with Gasteiger partial charge in [0.15, 0.2) is 0 Å². The maximum absolute atomic E-state index is 11.6. The van der Waals surface area contributed by atoms with Crippen LogP contribution in [-0.2, 0) is 11.2 Å². The van der Waals surface area contributed by atoms with Gasteiger partial charge in [0, 0.05) is 0 Å². The van der Waals surface area contributed by atoms with Gasteiger partial charge in [0.05, 0.1) is 0 Å². The molecule has 0 aliphatic carbocycles. The Kier molecular flexibility index (Phi) is 3.91. The van der Waals surface area contributed by atoms with E-state index in [0.717, 1.165) is 12.0 Å². The Labute approximate surface area is 98.8 Å². The number of hydrogen-bond acceptors (Lipinski definition) is 2. The molecule has 0 bridgehead atoms. The highest BCUT2D eigenvalue weighted by Gasteiger charge is 2.26. The van der Waals surface area contributed by atoms with Gasteiger partial charge in [-0.15, -0.1) is 0 Å². The standard InChI is InChI=1S/C12H15BrO2/c1-4-9-7-5-6-8-10(9)15-11(14)12(2,3)13/h5-8H,4H2,1-3H3. The van der Waals surface area contributed by atoms with Crippen molar-refractivity contribution in [2.45, 2.75) is 31.5 Å². The highest BCUT2D eigenvalue weighted by atomic mass is 79.9. The van der Waals surface area contributed by atoms with E-state index in [-0.39, 0.29) is 5.97 Å². The van der Waals surface area contributed by atoms with Gasteiger partial charge in [-0.25, -0.2) is 0 Å². The SMILES string of the molecule is CCc1ccccc1OC(=O)C(C)(C)Br. The van der Waals surface area contributed by atoms with Crippen molar-refractivity contribution in [2.24, 2.45) is 0 Å². The number of ether oxygens (including phenoxy) is 1. The van der Waals surface area contributed by atoms with Gasteiger partial charge >= 0.3 is 5.97 Å². The molecule has 0 N–H and O–H groups in total.